The fraction of sp³-hybridized carbons (Fsp3) is 0.353. The molecule has 0 saturated carbocycles. The minimum absolute atomic E-state index is 0.0563. The van der Waals surface area contributed by atoms with E-state index in [0.717, 1.165) is 18.4 Å². The number of methoxy groups -OCH3 is 1. The second-order valence-corrected chi connectivity index (χ2v) is 6.37. The average molecular weight is 301 g/mol. The van der Waals surface area contributed by atoms with E-state index in [1.807, 2.05) is 16.8 Å². The number of rotatable bonds is 5. The molecule has 1 amide bonds. The molecule has 21 heavy (non-hydrogen) atoms. The lowest BCUT2D eigenvalue weighted by molar-refractivity contribution is -0.122. The van der Waals surface area contributed by atoms with Crippen molar-refractivity contribution in [3.8, 4) is 0 Å². The number of nitrogens with one attached hydrogen (secondary N) is 1. The first-order valence-corrected chi connectivity index (χ1v) is 8.05. The summed E-state index contributed by atoms with van der Waals surface area (Å²) in [5.41, 5.74) is 3.42. The van der Waals surface area contributed by atoms with Crippen molar-refractivity contribution in [1.29, 1.82) is 0 Å². The molecule has 0 fully saturated rings. The van der Waals surface area contributed by atoms with E-state index < -0.39 is 0 Å². The number of benzene rings is 1. The van der Waals surface area contributed by atoms with Gasteiger partial charge >= 0.3 is 0 Å². The summed E-state index contributed by atoms with van der Waals surface area (Å²) in [7, 11) is 1.73. The van der Waals surface area contributed by atoms with E-state index in [4.69, 9.17) is 4.74 Å². The van der Waals surface area contributed by atoms with Crippen LogP contribution in [0.15, 0.2) is 41.1 Å². The highest BCUT2D eigenvalue weighted by molar-refractivity contribution is 7.07. The quantitative estimate of drug-likeness (QED) is 0.922. The van der Waals surface area contributed by atoms with Gasteiger partial charge in [0.05, 0.1) is 12.0 Å². The first-order chi connectivity index (χ1) is 10.2. The molecule has 0 bridgehead atoms. The van der Waals surface area contributed by atoms with Gasteiger partial charge in [0, 0.05) is 26.5 Å². The van der Waals surface area contributed by atoms with E-state index in [1.54, 1.807) is 18.4 Å². The van der Waals surface area contributed by atoms with Crippen molar-refractivity contribution in [3.05, 3.63) is 57.8 Å². The second kappa shape index (κ2) is 6.00. The molecule has 1 aromatic heterocycles. The Hall–Kier alpha value is -1.65. The Bertz CT molecular complexity index is 596. The number of hydrogen-bond acceptors (Lipinski definition) is 3. The van der Waals surface area contributed by atoms with Gasteiger partial charge < -0.3 is 10.1 Å². The van der Waals surface area contributed by atoms with Gasteiger partial charge in [-0.05, 0) is 33.5 Å². The second-order valence-electron chi connectivity index (χ2n) is 5.59. The third-order valence-electron chi connectivity index (χ3n) is 4.13. The number of fused-ring (bicyclic) bond motifs is 1. The first-order valence-electron chi connectivity index (χ1n) is 7.10. The molecule has 0 radical (unpaired) electrons. The topological polar surface area (TPSA) is 38.3 Å². The van der Waals surface area contributed by atoms with Crippen molar-refractivity contribution in [1.82, 2.24) is 5.32 Å². The predicted molar refractivity (Wildman–Crippen MR) is 84.6 cm³/mol. The van der Waals surface area contributed by atoms with E-state index in [2.05, 4.69) is 29.6 Å². The lowest BCUT2D eigenvalue weighted by atomic mass is 10.00. The van der Waals surface area contributed by atoms with Crippen LogP contribution in [0.2, 0.25) is 0 Å². The van der Waals surface area contributed by atoms with E-state index >= 15 is 0 Å². The van der Waals surface area contributed by atoms with Crippen LogP contribution >= 0.6 is 11.3 Å². The molecular weight excluding hydrogens is 282 g/mol. The zero-order chi connectivity index (χ0) is 14.7. The monoisotopic (exact) mass is 301 g/mol. The normalized spacial score (nSPS) is 15.7. The molecule has 1 aromatic carbocycles. The van der Waals surface area contributed by atoms with Gasteiger partial charge in [0.25, 0.3) is 0 Å². The highest BCUT2D eigenvalue weighted by Gasteiger charge is 2.37. The van der Waals surface area contributed by atoms with E-state index in [1.165, 1.54) is 11.1 Å². The molecular formula is C17H19NO2S. The van der Waals surface area contributed by atoms with Crippen LogP contribution in [-0.2, 0) is 28.8 Å². The molecule has 2 aromatic rings. The Morgan fingerprint density at radius 1 is 1.29 bits per heavy atom. The third kappa shape index (κ3) is 3.17. The average Bonchev–Trinajstić information content (AvgIpc) is 3.12. The van der Waals surface area contributed by atoms with Gasteiger partial charge in [-0.2, -0.15) is 11.3 Å². The Labute approximate surface area is 129 Å². The molecule has 0 unspecified atom stereocenters. The highest BCUT2D eigenvalue weighted by atomic mass is 32.1. The molecule has 1 aliphatic carbocycles. The molecule has 3 rings (SSSR count). The number of carbonyl (C=O) groups is 1. The van der Waals surface area contributed by atoms with Crippen LogP contribution in [0.3, 0.4) is 0 Å². The molecule has 1 N–H and O–H groups in total. The Morgan fingerprint density at radius 3 is 2.57 bits per heavy atom. The summed E-state index contributed by atoms with van der Waals surface area (Å²) in [5, 5.41) is 7.03. The summed E-state index contributed by atoms with van der Waals surface area (Å²) in [6.45, 7) is 0.557. The minimum atomic E-state index is -0.298. The Morgan fingerprint density at radius 2 is 2.00 bits per heavy atom. The first kappa shape index (κ1) is 14.3. The molecule has 1 heterocycles. The van der Waals surface area contributed by atoms with Gasteiger partial charge in [-0.3, -0.25) is 4.79 Å². The summed E-state index contributed by atoms with van der Waals surface area (Å²) in [5.74, 6) is 0.0563. The van der Waals surface area contributed by atoms with E-state index in [9.17, 15) is 4.79 Å². The van der Waals surface area contributed by atoms with Crippen LogP contribution in [-0.4, -0.2) is 25.2 Å². The zero-order valence-corrected chi connectivity index (χ0v) is 12.9. The highest BCUT2D eigenvalue weighted by Crippen LogP contribution is 2.32. The number of amides is 1. The molecule has 3 nitrogen and oxygen atoms in total. The molecule has 0 aliphatic heterocycles. The van der Waals surface area contributed by atoms with Gasteiger partial charge in [-0.15, -0.1) is 0 Å². The summed E-state index contributed by atoms with van der Waals surface area (Å²) >= 11 is 1.62. The van der Waals surface area contributed by atoms with Crippen LogP contribution in [0.4, 0.5) is 0 Å². The SMILES string of the molecule is COC1(CNC(=O)Cc2ccsc2)Cc2ccccc2C1. The number of hydrogen-bond donors (Lipinski definition) is 1. The van der Waals surface area contributed by atoms with E-state index in [0.29, 0.717) is 13.0 Å². The molecule has 0 saturated heterocycles. The van der Waals surface area contributed by atoms with Crippen molar-refractivity contribution >= 4 is 17.2 Å². The van der Waals surface area contributed by atoms with Gasteiger partial charge in [-0.1, -0.05) is 24.3 Å². The molecule has 4 heteroatoms. The number of ether oxygens (including phenoxy) is 1. The fourth-order valence-corrected chi connectivity index (χ4v) is 3.57. The van der Waals surface area contributed by atoms with Gasteiger partial charge in [-0.25, -0.2) is 0 Å². The van der Waals surface area contributed by atoms with E-state index in [-0.39, 0.29) is 11.5 Å². The van der Waals surface area contributed by atoms with Crippen LogP contribution in [0.1, 0.15) is 16.7 Å². The molecule has 110 valence electrons. The lowest BCUT2D eigenvalue weighted by Gasteiger charge is -2.27. The summed E-state index contributed by atoms with van der Waals surface area (Å²) in [4.78, 5) is 12.0. The largest absolute Gasteiger partial charge is 0.376 e. The number of carbonyl (C=O) groups excluding carboxylic acids is 1. The van der Waals surface area contributed by atoms with Crippen LogP contribution in [0, 0.1) is 0 Å². The van der Waals surface area contributed by atoms with Crippen LogP contribution in [0.5, 0.6) is 0 Å². The summed E-state index contributed by atoms with van der Waals surface area (Å²) in [6.07, 6.45) is 2.16. The van der Waals surface area contributed by atoms with Crippen molar-refractivity contribution in [2.24, 2.45) is 0 Å². The van der Waals surface area contributed by atoms with Crippen molar-refractivity contribution < 1.29 is 9.53 Å². The van der Waals surface area contributed by atoms with Gasteiger partial charge in [0.15, 0.2) is 0 Å². The standard InChI is InChI=1S/C17H19NO2S/c1-20-17(9-14-4-2-3-5-15(14)10-17)12-18-16(19)8-13-6-7-21-11-13/h2-7,11H,8-10,12H2,1H3,(H,18,19). The van der Waals surface area contributed by atoms with Crippen LogP contribution in [0.25, 0.3) is 0 Å². The predicted octanol–water partition coefficient (Wildman–Crippen LogP) is 2.59. The van der Waals surface area contributed by atoms with Crippen molar-refractivity contribution in [2.45, 2.75) is 24.9 Å². The van der Waals surface area contributed by atoms with Crippen molar-refractivity contribution in [3.63, 3.8) is 0 Å². The molecule has 0 atom stereocenters. The van der Waals surface area contributed by atoms with Gasteiger partial charge in [0.2, 0.25) is 5.91 Å². The van der Waals surface area contributed by atoms with Gasteiger partial charge in [0.1, 0.15) is 0 Å². The summed E-state index contributed by atoms with van der Waals surface area (Å²) in [6, 6.07) is 10.4. The number of thiophene rings is 1. The Kier molecular flexibility index (Phi) is 4.08. The third-order valence-corrected chi connectivity index (χ3v) is 4.86. The van der Waals surface area contributed by atoms with Crippen molar-refractivity contribution in [2.75, 3.05) is 13.7 Å². The zero-order valence-electron chi connectivity index (χ0n) is 12.1. The van der Waals surface area contributed by atoms with Crippen LogP contribution < -0.4 is 5.32 Å². The fourth-order valence-electron chi connectivity index (χ4n) is 2.90. The molecule has 1 aliphatic rings. The molecule has 0 spiro atoms. The lowest BCUT2D eigenvalue weighted by Crippen LogP contribution is -2.45. The smallest absolute Gasteiger partial charge is 0.224 e. The Balaban J connectivity index is 1.60. The minimum Gasteiger partial charge on any atom is -0.376 e. The maximum Gasteiger partial charge on any atom is 0.224 e. The maximum atomic E-state index is 12.0. The summed E-state index contributed by atoms with van der Waals surface area (Å²) < 4.78 is 5.75. The maximum absolute atomic E-state index is 12.0.